The Kier molecular flexibility index (Phi) is 5.56. The first-order chi connectivity index (χ1) is 4.85. The largest absolute Gasteiger partial charge is 0.376 e. The van der Waals surface area contributed by atoms with E-state index in [2.05, 4.69) is 25.2 Å². The maximum Gasteiger partial charge on any atom is 0.103 e. The Morgan fingerprint density at radius 1 is 1.60 bits per heavy atom. The lowest BCUT2D eigenvalue weighted by atomic mass is 10.3. The van der Waals surface area contributed by atoms with Crippen molar-refractivity contribution >= 4 is 0 Å². The number of allylic oxidation sites excluding steroid dienone is 2. The molecule has 0 unspecified atom stereocenters. The van der Waals surface area contributed by atoms with Crippen LogP contribution in [0.4, 0.5) is 0 Å². The van der Waals surface area contributed by atoms with E-state index in [-0.39, 0.29) is 0 Å². The summed E-state index contributed by atoms with van der Waals surface area (Å²) in [4.78, 5) is 0. The van der Waals surface area contributed by atoms with Gasteiger partial charge in [0.25, 0.3) is 0 Å². The predicted octanol–water partition coefficient (Wildman–Crippen LogP) is 1.80. The topological polar surface area (TPSA) is 35.8 Å². The summed E-state index contributed by atoms with van der Waals surface area (Å²) in [5.74, 6) is 0. The molecule has 0 aromatic carbocycles. The van der Waals surface area contributed by atoms with Crippen molar-refractivity contribution in [2.24, 2.45) is 0 Å². The first kappa shape index (κ1) is 9.03. The van der Waals surface area contributed by atoms with E-state index in [0.717, 1.165) is 12.8 Å². The minimum Gasteiger partial charge on any atom is -0.376 e. The molecule has 0 aromatic heterocycles. The highest BCUT2D eigenvalue weighted by molar-refractivity contribution is 4.99. The van der Waals surface area contributed by atoms with Crippen LogP contribution in [-0.4, -0.2) is 6.54 Å². The number of nitrogens with zero attached hydrogens (tertiary/aromatic N) is 1. The van der Waals surface area contributed by atoms with Crippen LogP contribution < -0.4 is 5.32 Å². The Labute approximate surface area is 62.5 Å². The second-order valence-electron chi connectivity index (χ2n) is 2.00. The second kappa shape index (κ2) is 6.15. The van der Waals surface area contributed by atoms with Crippen LogP contribution in [0.5, 0.6) is 0 Å². The predicted molar refractivity (Wildman–Crippen MR) is 42.3 cm³/mol. The van der Waals surface area contributed by atoms with Gasteiger partial charge >= 0.3 is 0 Å². The quantitative estimate of drug-likeness (QED) is 0.601. The molecule has 0 bridgehead atoms. The van der Waals surface area contributed by atoms with Crippen molar-refractivity contribution in [1.29, 1.82) is 5.26 Å². The zero-order valence-corrected chi connectivity index (χ0v) is 6.65. The zero-order valence-electron chi connectivity index (χ0n) is 6.65. The van der Waals surface area contributed by atoms with Crippen LogP contribution in [0, 0.1) is 11.3 Å². The highest BCUT2D eigenvalue weighted by Crippen LogP contribution is 1.95. The molecule has 0 saturated heterocycles. The van der Waals surface area contributed by atoms with E-state index >= 15 is 0 Å². The Hall–Kier alpha value is -0.970. The van der Waals surface area contributed by atoms with Gasteiger partial charge < -0.3 is 5.32 Å². The summed E-state index contributed by atoms with van der Waals surface area (Å²) in [7, 11) is 0. The van der Waals surface area contributed by atoms with Crippen molar-refractivity contribution in [3.8, 4) is 6.07 Å². The first-order valence-electron chi connectivity index (χ1n) is 3.65. The van der Waals surface area contributed by atoms with Gasteiger partial charge in [-0.2, -0.15) is 5.26 Å². The van der Waals surface area contributed by atoms with Crippen molar-refractivity contribution in [3.63, 3.8) is 0 Å². The molecular formula is C8H14N2. The fraction of sp³-hybridized carbons (Fsp3) is 0.625. The third-order valence-corrected chi connectivity index (χ3v) is 1.23. The molecule has 2 nitrogen and oxygen atoms in total. The Morgan fingerprint density at radius 3 is 2.70 bits per heavy atom. The van der Waals surface area contributed by atoms with Gasteiger partial charge in [-0.15, -0.1) is 0 Å². The molecule has 0 radical (unpaired) electrons. The van der Waals surface area contributed by atoms with Crippen LogP contribution in [0.1, 0.15) is 26.7 Å². The molecule has 0 heterocycles. The minimum absolute atomic E-state index is 0.416. The summed E-state index contributed by atoms with van der Waals surface area (Å²) in [6, 6.07) is 2.04. The van der Waals surface area contributed by atoms with Crippen molar-refractivity contribution in [2.45, 2.75) is 26.7 Å². The summed E-state index contributed by atoms with van der Waals surface area (Å²) in [5.41, 5.74) is 1.17. The number of hydrogen-bond donors (Lipinski definition) is 1. The average molecular weight is 138 g/mol. The molecule has 0 aliphatic carbocycles. The average Bonchev–Trinajstić information content (AvgIpc) is 1.98. The van der Waals surface area contributed by atoms with E-state index in [1.54, 1.807) is 0 Å². The fourth-order valence-electron chi connectivity index (χ4n) is 0.741. The molecule has 0 amide bonds. The first-order valence-corrected chi connectivity index (χ1v) is 3.65. The van der Waals surface area contributed by atoms with Gasteiger partial charge in [0, 0.05) is 5.70 Å². The number of hydrogen-bond acceptors (Lipinski definition) is 2. The van der Waals surface area contributed by atoms with Gasteiger partial charge in [-0.25, -0.2) is 0 Å². The maximum atomic E-state index is 8.24. The van der Waals surface area contributed by atoms with Crippen LogP contribution in [0.25, 0.3) is 0 Å². The standard InChI is InChI=1S/C8H14N2/c1-3-5-8(4-2)10-7-6-9/h5,10H,3-4,7H2,1-2H3/b8-5+. The molecule has 0 aromatic rings. The van der Waals surface area contributed by atoms with E-state index in [1.165, 1.54) is 5.70 Å². The van der Waals surface area contributed by atoms with E-state index in [0.29, 0.717) is 6.54 Å². The van der Waals surface area contributed by atoms with Crippen molar-refractivity contribution in [2.75, 3.05) is 6.54 Å². The summed E-state index contributed by atoms with van der Waals surface area (Å²) in [5, 5.41) is 11.3. The lowest BCUT2D eigenvalue weighted by Gasteiger charge is -2.02. The molecule has 0 spiro atoms. The monoisotopic (exact) mass is 138 g/mol. The third kappa shape index (κ3) is 3.96. The molecule has 10 heavy (non-hydrogen) atoms. The van der Waals surface area contributed by atoms with Crippen molar-refractivity contribution in [1.82, 2.24) is 5.32 Å². The van der Waals surface area contributed by atoms with Gasteiger partial charge in [0.1, 0.15) is 6.54 Å². The highest BCUT2D eigenvalue weighted by Gasteiger charge is 1.88. The summed E-state index contributed by atoms with van der Waals surface area (Å²) in [6.07, 6.45) is 4.12. The highest BCUT2D eigenvalue weighted by atomic mass is 14.9. The van der Waals surface area contributed by atoms with Crippen molar-refractivity contribution < 1.29 is 0 Å². The smallest absolute Gasteiger partial charge is 0.103 e. The molecule has 0 saturated carbocycles. The SMILES string of the molecule is CC/C=C(\CC)NCC#N. The van der Waals surface area contributed by atoms with Gasteiger partial charge in [-0.1, -0.05) is 19.9 Å². The Morgan fingerprint density at radius 2 is 2.30 bits per heavy atom. The minimum atomic E-state index is 0.416. The van der Waals surface area contributed by atoms with Gasteiger partial charge in [0.2, 0.25) is 0 Å². The van der Waals surface area contributed by atoms with Gasteiger partial charge in [0.05, 0.1) is 6.07 Å². The fourth-order valence-corrected chi connectivity index (χ4v) is 0.741. The normalized spacial score (nSPS) is 10.7. The van der Waals surface area contributed by atoms with E-state index in [9.17, 15) is 0 Å². The summed E-state index contributed by atoms with van der Waals surface area (Å²) >= 11 is 0. The zero-order chi connectivity index (χ0) is 7.82. The Balaban J connectivity index is 3.62. The summed E-state index contributed by atoms with van der Waals surface area (Å²) < 4.78 is 0. The molecule has 2 heteroatoms. The molecule has 0 aliphatic heterocycles. The molecule has 0 aliphatic rings. The van der Waals surface area contributed by atoms with Crippen LogP contribution in [0.15, 0.2) is 11.8 Å². The van der Waals surface area contributed by atoms with Gasteiger partial charge in [-0.05, 0) is 12.8 Å². The molecule has 0 atom stereocenters. The van der Waals surface area contributed by atoms with E-state index in [4.69, 9.17) is 5.26 Å². The molecule has 56 valence electrons. The number of nitriles is 1. The molecule has 0 fully saturated rings. The second-order valence-corrected chi connectivity index (χ2v) is 2.00. The summed E-state index contributed by atoms with van der Waals surface area (Å²) in [6.45, 7) is 4.58. The maximum absolute atomic E-state index is 8.24. The number of rotatable bonds is 4. The van der Waals surface area contributed by atoms with E-state index in [1.807, 2.05) is 6.07 Å². The molecule has 0 rings (SSSR count). The van der Waals surface area contributed by atoms with Crippen LogP contribution in [0.2, 0.25) is 0 Å². The lowest BCUT2D eigenvalue weighted by Crippen LogP contribution is -2.12. The van der Waals surface area contributed by atoms with Crippen LogP contribution >= 0.6 is 0 Å². The van der Waals surface area contributed by atoms with E-state index < -0.39 is 0 Å². The van der Waals surface area contributed by atoms with Gasteiger partial charge in [0.15, 0.2) is 0 Å². The van der Waals surface area contributed by atoms with Gasteiger partial charge in [-0.3, -0.25) is 0 Å². The Bertz CT molecular complexity index is 142. The van der Waals surface area contributed by atoms with Crippen molar-refractivity contribution in [3.05, 3.63) is 11.8 Å². The third-order valence-electron chi connectivity index (χ3n) is 1.23. The lowest BCUT2D eigenvalue weighted by molar-refractivity contribution is 0.837. The molecular weight excluding hydrogens is 124 g/mol. The molecule has 1 N–H and O–H groups in total. The van der Waals surface area contributed by atoms with Crippen LogP contribution in [-0.2, 0) is 0 Å². The number of nitrogens with one attached hydrogen (secondary N) is 1. The van der Waals surface area contributed by atoms with Crippen LogP contribution in [0.3, 0.4) is 0 Å².